The first-order chi connectivity index (χ1) is 13.9. The minimum Gasteiger partial charge on any atom is -0.346 e. The van der Waals surface area contributed by atoms with Crippen molar-refractivity contribution in [3.05, 3.63) is 85.0 Å². The van der Waals surface area contributed by atoms with Gasteiger partial charge in [0.25, 0.3) is 5.91 Å². The molecule has 1 aromatic heterocycles. The first kappa shape index (κ1) is 20.4. The second-order valence-electron chi connectivity index (χ2n) is 6.29. The lowest BCUT2D eigenvalue weighted by Crippen LogP contribution is -2.27. The summed E-state index contributed by atoms with van der Waals surface area (Å²) in [6.07, 6.45) is 4.53. The first-order valence-electron chi connectivity index (χ1n) is 8.87. The Labute approximate surface area is 169 Å². The molecule has 29 heavy (non-hydrogen) atoms. The highest BCUT2D eigenvalue weighted by molar-refractivity contribution is 7.89. The number of aromatic nitrogens is 3. The zero-order chi connectivity index (χ0) is 20.9. The number of carbonyl (C=O) groups is 1. The van der Waals surface area contributed by atoms with Crippen LogP contribution >= 0.6 is 0 Å². The SMILES string of the molecule is C=CCNS(=O)(=O)c1ccc(C(=O)NC(C)c2ccc(-n3cncn3)cc2)cc1. The third-order valence-electron chi connectivity index (χ3n) is 4.27. The van der Waals surface area contributed by atoms with Gasteiger partial charge in [0.05, 0.1) is 16.6 Å². The molecule has 0 aliphatic rings. The Morgan fingerprint density at radius 2 is 1.86 bits per heavy atom. The molecule has 150 valence electrons. The lowest BCUT2D eigenvalue weighted by atomic mass is 10.1. The third kappa shape index (κ3) is 4.95. The predicted octanol–water partition coefficient (Wildman–Crippen LogP) is 2.22. The van der Waals surface area contributed by atoms with E-state index in [1.165, 1.54) is 36.7 Å². The van der Waals surface area contributed by atoms with Crippen LogP contribution in [-0.4, -0.2) is 35.6 Å². The molecule has 0 spiro atoms. The van der Waals surface area contributed by atoms with Crippen LogP contribution in [-0.2, 0) is 10.0 Å². The van der Waals surface area contributed by atoms with E-state index in [9.17, 15) is 13.2 Å². The van der Waals surface area contributed by atoms with Crippen LogP contribution < -0.4 is 10.0 Å². The van der Waals surface area contributed by atoms with Crippen LogP contribution in [0.1, 0.15) is 28.9 Å². The molecule has 3 aromatic rings. The van der Waals surface area contributed by atoms with Gasteiger partial charge in [-0.15, -0.1) is 6.58 Å². The average Bonchev–Trinajstić information content (AvgIpc) is 3.27. The van der Waals surface area contributed by atoms with E-state index < -0.39 is 10.0 Å². The standard InChI is InChI=1S/C20H21N5O3S/c1-3-12-23-29(27,28)19-10-6-17(7-11-19)20(26)24-15(2)16-4-8-18(9-5-16)25-14-21-13-22-25/h3-11,13-15,23H,1,12H2,2H3,(H,24,26). The molecule has 0 aliphatic carbocycles. The van der Waals surface area contributed by atoms with Crippen molar-refractivity contribution in [1.82, 2.24) is 24.8 Å². The van der Waals surface area contributed by atoms with Gasteiger partial charge >= 0.3 is 0 Å². The van der Waals surface area contributed by atoms with Crippen molar-refractivity contribution in [2.75, 3.05) is 6.54 Å². The van der Waals surface area contributed by atoms with Gasteiger partial charge in [0.1, 0.15) is 12.7 Å². The highest BCUT2D eigenvalue weighted by Gasteiger charge is 2.15. The molecular formula is C20H21N5O3S. The molecule has 0 bridgehead atoms. The minimum absolute atomic E-state index is 0.0904. The van der Waals surface area contributed by atoms with Crippen molar-refractivity contribution < 1.29 is 13.2 Å². The number of hydrogen-bond donors (Lipinski definition) is 2. The van der Waals surface area contributed by atoms with Crippen LogP contribution in [0, 0.1) is 0 Å². The Bertz CT molecular complexity index is 1080. The van der Waals surface area contributed by atoms with E-state index in [-0.39, 0.29) is 23.4 Å². The summed E-state index contributed by atoms with van der Waals surface area (Å²) in [4.78, 5) is 16.5. The molecule has 0 fully saturated rings. The van der Waals surface area contributed by atoms with Crippen molar-refractivity contribution in [3.8, 4) is 5.69 Å². The molecule has 1 heterocycles. The quantitative estimate of drug-likeness (QED) is 0.553. The molecule has 1 unspecified atom stereocenters. The van der Waals surface area contributed by atoms with E-state index in [1.54, 1.807) is 11.0 Å². The summed E-state index contributed by atoms with van der Waals surface area (Å²) < 4.78 is 28.2. The second kappa shape index (κ2) is 8.80. The smallest absolute Gasteiger partial charge is 0.251 e. The fourth-order valence-corrected chi connectivity index (χ4v) is 3.66. The molecule has 2 aromatic carbocycles. The minimum atomic E-state index is -3.62. The highest BCUT2D eigenvalue weighted by atomic mass is 32.2. The Balaban J connectivity index is 1.65. The summed E-state index contributed by atoms with van der Waals surface area (Å²) in [5, 5.41) is 6.98. The Hall–Kier alpha value is -3.30. The van der Waals surface area contributed by atoms with Crippen molar-refractivity contribution in [2.24, 2.45) is 0 Å². The van der Waals surface area contributed by atoms with E-state index in [0.29, 0.717) is 5.56 Å². The van der Waals surface area contributed by atoms with Gasteiger partial charge in [-0.25, -0.2) is 22.8 Å². The van der Waals surface area contributed by atoms with Crippen molar-refractivity contribution >= 4 is 15.9 Å². The van der Waals surface area contributed by atoms with Gasteiger partial charge in [0.15, 0.2) is 0 Å². The molecule has 0 radical (unpaired) electrons. The van der Waals surface area contributed by atoms with Crippen LogP contribution in [0.2, 0.25) is 0 Å². The number of nitrogens with one attached hydrogen (secondary N) is 2. The van der Waals surface area contributed by atoms with E-state index in [4.69, 9.17) is 0 Å². The highest BCUT2D eigenvalue weighted by Crippen LogP contribution is 2.17. The van der Waals surface area contributed by atoms with Crippen molar-refractivity contribution in [1.29, 1.82) is 0 Å². The van der Waals surface area contributed by atoms with Gasteiger partial charge in [0, 0.05) is 12.1 Å². The fraction of sp³-hybridized carbons (Fsp3) is 0.150. The van der Waals surface area contributed by atoms with Crippen LogP contribution in [0.4, 0.5) is 0 Å². The van der Waals surface area contributed by atoms with Crippen LogP contribution in [0.25, 0.3) is 5.69 Å². The Morgan fingerprint density at radius 3 is 2.45 bits per heavy atom. The first-order valence-corrected chi connectivity index (χ1v) is 10.4. The molecule has 8 nitrogen and oxygen atoms in total. The summed E-state index contributed by atoms with van der Waals surface area (Å²) in [5.41, 5.74) is 2.17. The summed E-state index contributed by atoms with van der Waals surface area (Å²) in [6, 6.07) is 13.1. The molecule has 1 atom stereocenters. The monoisotopic (exact) mass is 411 g/mol. The van der Waals surface area contributed by atoms with E-state index in [1.807, 2.05) is 31.2 Å². The molecular weight excluding hydrogens is 390 g/mol. The maximum atomic E-state index is 12.5. The normalized spacial score (nSPS) is 12.3. The lowest BCUT2D eigenvalue weighted by Gasteiger charge is -2.15. The molecule has 2 N–H and O–H groups in total. The predicted molar refractivity (Wildman–Crippen MR) is 109 cm³/mol. The second-order valence-corrected chi connectivity index (χ2v) is 8.06. The van der Waals surface area contributed by atoms with E-state index in [0.717, 1.165) is 11.3 Å². The molecule has 0 aliphatic heterocycles. The van der Waals surface area contributed by atoms with E-state index in [2.05, 4.69) is 26.7 Å². The zero-order valence-electron chi connectivity index (χ0n) is 15.8. The van der Waals surface area contributed by atoms with Crippen LogP contribution in [0.15, 0.2) is 78.7 Å². The van der Waals surface area contributed by atoms with Crippen LogP contribution in [0.5, 0.6) is 0 Å². The maximum absolute atomic E-state index is 12.5. The Kier molecular flexibility index (Phi) is 6.20. The number of nitrogens with zero attached hydrogens (tertiary/aromatic N) is 3. The number of sulfonamides is 1. The van der Waals surface area contributed by atoms with Gasteiger partial charge in [-0.1, -0.05) is 18.2 Å². The number of benzene rings is 2. The molecule has 0 saturated carbocycles. The zero-order valence-corrected chi connectivity index (χ0v) is 16.6. The van der Waals surface area contributed by atoms with Crippen molar-refractivity contribution in [3.63, 3.8) is 0 Å². The largest absolute Gasteiger partial charge is 0.346 e. The van der Waals surface area contributed by atoms with Gasteiger partial charge in [-0.2, -0.15) is 5.10 Å². The number of amides is 1. The topological polar surface area (TPSA) is 106 Å². The summed E-state index contributed by atoms with van der Waals surface area (Å²) in [6.45, 7) is 5.49. The maximum Gasteiger partial charge on any atom is 0.251 e. The summed E-state index contributed by atoms with van der Waals surface area (Å²) in [7, 11) is -3.62. The van der Waals surface area contributed by atoms with Gasteiger partial charge < -0.3 is 5.32 Å². The number of hydrogen-bond acceptors (Lipinski definition) is 5. The molecule has 1 amide bonds. The number of carbonyl (C=O) groups excluding carboxylic acids is 1. The summed E-state index contributed by atoms with van der Waals surface area (Å²) >= 11 is 0. The summed E-state index contributed by atoms with van der Waals surface area (Å²) in [5.74, 6) is -0.291. The third-order valence-corrected chi connectivity index (χ3v) is 5.71. The molecule has 0 saturated heterocycles. The average molecular weight is 411 g/mol. The van der Waals surface area contributed by atoms with Crippen LogP contribution in [0.3, 0.4) is 0 Å². The Morgan fingerprint density at radius 1 is 1.17 bits per heavy atom. The van der Waals surface area contributed by atoms with Gasteiger partial charge in [0.2, 0.25) is 10.0 Å². The molecule has 9 heteroatoms. The lowest BCUT2D eigenvalue weighted by molar-refractivity contribution is 0.0940. The number of rotatable bonds is 8. The molecule has 3 rings (SSSR count). The van der Waals surface area contributed by atoms with Gasteiger partial charge in [-0.05, 0) is 48.9 Å². The van der Waals surface area contributed by atoms with Gasteiger partial charge in [-0.3, -0.25) is 4.79 Å². The van der Waals surface area contributed by atoms with Crippen molar-refractivity contribution in [2.45, 2.75) is 17.9 Å². The fourth-order valence-electron chi connectivity index (χ4n) is 2.66. The van der Waals surface area contributed by atoms with E-state index >= 15 is 0 Å².